The van der Waals surface area contributed by atoms with E-state index in [1.807, 2.05) is 0 Å². The minimum atomic E-state index is -4.70. The van der Waals surface area contributed by atoms with Crippen LogP contribution in [0.15, 0.2) is 21.9 Å². The largest absolute Gasteiger partial charge is 0.446 e. The van der Waals surface area contributed by atoms with Gasteiger partial charge >= 0.3 is 5.51 Å². The number of alkyl halides is 4. The van der Waals surface area contributed by atoms with Gasteiger partial charge in [0.2, 0.25) is 0 Å². The quantitative estimate of drug-likeness (QED) is 0.472. The fraction of sp³-hybridized carbons (Fsp3) is 0.222. The van der Waals surface area contributed by atoms with Gasteiger partial charge in [-0.1, -0.05) is 0 Å². The topological polar surface area (TPSA) is 57.9 Å². The lowest BCUT2D eigenvalue weighted by Gasteiger charge is -2.11. The van der Waals surface area contributed by atoms with Gasteiger partial charge in [-0.15, -0.1) is 11.6 Å². The summed E-state index contributed by atoms with van der Waals surface area (Å²) >= 11 is 4.85. The molecule has 0 unspecified atom stereocenters. The summed E-state index contributed by atoms with van der Waals surface area (Å²) < 4.78 is 59.6. The maximum atomic E-state index is 12.3. The van der Waals surface area contributed by atoms with Gasteiger partial charge in [0.05, 0.1) is 16.5 Å². The molecule has 1 aromatic rings. The van der Waals surface area contributed by atoms with E-state index in [-0.39, 0.29) is 17.0 Å². The molecule has 3 nitrogen and oxygen atoms in total. The predicted octanol–water partition coefficient (Wildman–Crippen LogP) is 3.84. The smallest absolute Gasteiger partial charge is 0.207 e. The van der Waals surface area contributed by atoms with Crippen molar-refractivity contribution in [2.75, 3.05) is 0 Å². The molecule has 0 fully saturated rings. The summed E-state index contributed by atoms with van der Waals surface area (Å²) in [6.07, 6.45) is 0. The number of hydrogen-bond acceptors (Lipinski definition) is 4. The van der Waals surface area contributed by atoms with Crippen molar-refractivity contribution in [2.45, 2.75) is 21.2 Å². The van der Waals surface area contributed by atoms with Gasteiger partial charge in [-0.2, -0.15) is 18.4 Å². The van der Waals surface area contributed by atoms with Crippen LogP contribution in [0.25, 0.3) is 0 Å². The summed E-state index contributed by atoms with van der Waals surface area (Å²) in [5.74, 6) is -0.223. The molecule has 10 heteroatoms. The van der Waals surface area contributed by atoms with Crippen molar-refractivity contribution in [2.24, 2.45) is 0 Å². The zero-order valence-electron chi connectivity index (χ0n) is 8.83. The average Bonchev–Trinajstić information content (AvgIpc) is 2.24. The second-order valence-corrected chi connectivity index (χ2v) is 7.10. The first-order valence-electron chi connectivity index (χ1n) is 4.42. The second-order valence-electron chi connectivity index (χ2n) is 3.19. The molecule has 0 spiro atoms. The molecular weight excluding hydrogens is 346 g/mol. The third-order valence-corrected chi connectivity index (χ3v) is 4.49. The zero-order chi connectivity index (χ0) is 14.8. The molecule has 0 amide bonds. The van der Waals surface area contributed by atoms with Gasteiger partial charge in [-0.3, -0.25) is 0 Å². The molecule has 0 radical (unpaired) electrons. The Balaban J connectivity index is 3.56. The van der Waals surface area contributed by atoms with Gasteiger partial charge in [0.15, 0.2) is 0 Å². The Morgan fingerprint density at radius 3 is 2.32 bits per heavy atom. The van der Waals surface area contributed by atoms with Gasteiger partial charge in [-0.25, -0.2) is 8.42 Å². The number of halogens is 5. The lowest BCUT2D eigenvalue weighted by Crippen LogP contribution is -2.04. The highest BCUT2D eigenvalue weighted by molar-refractivity contribution is 8.14. The second kappa shape index (κ2) is 5.79. The van der Waals surface area contributed by atoms with Gasteiger partial charge in [0.1, 0.15) is 0 Å². The number of hydrogen-bond donors (Lipinski definition) is 0. The van der Waals surface area contributed by atoms with Crippen molar-refractivity contribution in [3.63, 3.8) is 0 Å². The van der Waals surface area contributed by atoms with E-state index in [1.165, 1.54) is 0 Å². The Morgan fingerprint density at radius 1 is 1.37 bits per heavy atom. The van der Waals surface area contributed by atoms with E-state index < -0.39 is 36.1 Å². The predicted molar refractivity (Wildman–Crippen MR) is 65.7 cm³/mol. The molecule has 0 aliphatic carbocycles. The van der Waals surface area contributed by atoms with Crippen LogP contribution in [0.3, 0.4) is 0 Å². The molecule has 0 bridgehead atoms. The van der Waals surface area contributed by atoms with Crippen LogP contribution in [0.4, 0.5) is 13.2 Å². The first-order valence-corrected chi connectivity index (χ1v) is 8.08. The maximum absolute atomic E-state index is 12.3. The van der Waals surface area contributed by atoms with Crippen LogP contribution in [0.2, 0.25) is 0 Å². The highest BCUT2D eigenvalue weighted by Crippen LogP contribution is 2.41. The molecule has 0 heterocycles. The molecule has 0 atom stereocenters. The van der Waals surface area contributed by atoms with Crippen LogP contribution in [0.1, 0.15) is 11.1 Å². The molecule has 1 rings (SSSR count). The number of thioether (sulfide) groups is 1. The van der Waals surface area contributed by atoms with Gasteiger partial charge in [0, 0.05) is 21.5 Å². The SMILES string of the molecule is N#Cc1cc(SC(F)(F)F)c(S(=O)(=O)Cl)cc1CCl. The van der Waals surface area contributed by atoms with Crippen molar-refractivity contribution in [3.05, 3.63) is 23.3 Å². The van der Waals surface area contributed by atoms with Gasteiger partial charge in [-0.05, 0) is 29.5 Å². The standard InChI is InChI=1S/C9H4Cl2F3NO2S2/c10-3-5-2-8(19(11,16)17)7(1-6(5)4-15)18-9(12,13)14/h1-2H,3H2. The molecule has 0 saturated heterocycles. The Bertz CT molecular complexity index is 638. The summed E-state index contributed by atoms with van der Waals surface area (Å²) in [4.78, 5) is -1.38. The molecule has 19 heavy (non-hydrogen) atoms. The van der Waals surface area contributed by atoms with E-state index in [9.17, 15) is 21.6 Å². The third kappa shape index (κ3) is 4.45. The van der Waals surface area contributed by atoms with E-state index in [4.69, 9.17) is 27.5 Å². The highest BCUT2D eigenvalue weighted by atomic mass is 35.7. The van der Waals surface area contributed by atoms with Crippen LogP contribution in [-0.4, -0.2) is 13.9 Å². The minimum Gasteiger partial charge on any atom is -0.207 e. The highest BCUT2D eigenvalue weighted by Gasteiger charge is 2.33. The molecule has 0 saturated carbocycles. The van der Waals surface area contributed by atoms with Crippen molar-refractivity contribution >= 4 is 43.1 Å². The summed E-state index contributed by atoms with van der Waals surface area (Å²) in [6.45, 7) is 0. The summed E-state index contributed by atoms with van der Waals surface area (Å²) in [5.41, 5.74) is -4.74. The van der Waals surface area contributed by atoms with E-state index >= 15 is 0 Å². The number of rotatable bonds is 3. The van der Waals surface area contributed by atoms with Crippen LogP contribution < -0.4 is 0 Å². The lowest BCUT2D eigenvalue weighted by molar-refractivity contribution is -0.0328. The Kier molecular flexibility index (Phi) is 5.01. The van der Waals surface area contributed by atoms with E-state index in [2.05, 4.69) is 0 Å². The first-order chi connectivity index (χ1) is 8.58. The van der Waals surface area contributed by atoms with E-state index in [0.29, 0.717) is 0 Å². The van der Waals surface area contributed by atoms with Crippen LogP contribution in [-0.2, 0) is 14.9 Å². The Labute approximate surface area is 120 Å². The number of nitrogens with zero attached hydrogens (tertiary/aromatic N) is 1. The van der Waals surface area contributed by atoms with E-state index in [0.717, 1.165) is 12.1 Å². The van der Waals surface area contributed by atoms with Crippen LogP contribution in [0.5, 0.6) is 0 Å². The minimum absolute atomic E-state index is 0.0925. The zero-order valence-corrected chi connectivity index (χ0v) is 12.0. The normalized spacial score (nSPS) is 12.2. The van der Waals surface area contributed by atoms with E-state index in [1.54, 1.807) is 6.07 Å². The molecule has 0 aliphatic heterocycles. The molecule has 104 valence electrons. The lowest BCUT2D eigenvalue weighted by atomic mass is 10.1. The first kappa shape index (κ1) is 16.4. The fourth-order valence-electron chi connectivity index (χ4n) is 1.21. The molecule has 1 aromatic carbocycles. The van der Waals surface area contributed by atoms with Gasteiger partial charge < -0.3 is 0 Å². The number of nitriles is 1. The fourth-order valence-corrected chi connectivity index (χ4v) is 3.58. The Hall–Kier alpha value is -0.620. The third-order valence-electron chi connectivity index (χ3n) is 1.92. The van der Waals surface area contributed by atoms with Crippen LogP contribution >= 0.6 is 34.0 Å². The molecule has 0 N–H and O–H groups in total. The molecule has 0 aliphatic rings. The summed E-state index contributed by atoms with van der Waals surface area (Å²) in [7, 11) is 0.702. The average molecular weight is 350 g/mol. The van der Waals surface area contributed by atoms with Crippen molar-refractivity contribution < 1.29 is 21.6 Å². The van der Waals surface area contributed by atoms with Gasteiger partial charge in [0.25, 0.3) is 9.05 Å². The van der Waals surface area contributed by atoms with Crippen molar-refractivity contribution in [1.29, 1.82) is 5.26 Å². The summed E-state index contributed by atoms with van der Waals surface area (Å²) in [5, 5.41) is 8.78. The Morgan fingerprint density at radius 2 is 1.95 bits per heavy atom. The van der Waals surface area contributed by atoms with Crippen molar-refractivity contribution in [1.82, 2.24) is 0 Å². The molecular formula is C9H4Cl2F3NO2S2. The molecule has 0 aromatic heterocycles. The van der Waals surface area contributed by atoms with Crippen LogP contribution in [0, 0.1) is 11.3 Å². The summed E-state index contributed by atoms with van der Waals surface area (Å²) in [6, 6.07) is 3.34. The van der Waals surface area contributed by atoms with Crippen molar-refractivity contribution in [3.8, 4) is 6.07 Å². The monoisotopic (exact) mass is 349 g/mol. The maximum Gasteiger partial charge on any atom is 0.446 e. The number of benzene rings is 1.